The molecule has 0 unspecified atom stereocenters. The van der Waals surface area contributed by atoms with Crippen molar-refractivity contribution in [1.29, 1.82) is 0 Å². The number of carbonyl (C=O) groups excluding carboxylic acids is 2. The molecule has 9 heteroatoms. The first kappa shape index (κ1) is 17.8. The van der Waals surface area contributed by atoms with Gasteiger partial charge in [-0.15, -0.1) is 0 Å². The number of benzene rings is 1. The normalized spacial score (nSPS) is 18.8. The van der Waals surface area contributed by atoms with Gasteiger partial charge in [-0.1, -0.05) is 18.2 Å². The van der Waals surface area contributed by atoms with E-state index in [9.17, 15) is 32.7 Å². The summed E-state index contributed by atoms with van der Waals surface area (Å²) < 4.78 is 38.9. The lowest BCUT2D eigenvalue weighted by Crippen LogP contribution is -2.49. The van der Waals surface area contributed by atoms with Crippen LogP contribution in [0.3, 0.4) is 0 Å². The quantitative estimate of drug-likeness (QED) is 0.745. The monoisotopic (exact) mass is 344 g/mol. The molecular formula is C15H15F3N2O4. The molecule has 1 fully saturated rings. The molecule has 24 heavy (non-hydrogen) atoms. The van der Waals surface area contributed by atoms with Crippen molar-refractivity contribution in [3.05, 3.63) is 35.4 Å². The van der Waals surface area contributed by atoms with Crippen LogP contribution in [0.15, 0.2) is 24.3 Å². The second kappa shape index (κ2) is 6.90. The minimum absolute atomic E-state index is 0.146. The van der Waals surface area contributed by atoms with Gasteiger partial charge in [0.25, 0.3) is 0 Å². The zero-order valence-electron chi connectivity index (χ0n) is 12.4. The van der Waals surface area contributed by atoms with E-state index in [1.165, 1.54) is 18.2 Å². The number of alkyl halides is 3. The van der Waals surface area contributed by atoms with Gasteiger partial charge in [-0.2, -0.15) is 13.2 Å². The highest BCUT2D eigenvalue weighted by atomic mass is 19.4. The molecule has 2 atom stereocenters. The molecule has 0 aliphatic carbocycles. The first-order valence-corrected chi connectivity index (χ1v) is 7.16. The zero-order valence-corrected chi connectivity index (χ0v) is 12.4. The van der Waals surface area contributed by atoms with E-state index in [0.717, 1.165) is 6.07 Å². The van der Waals surface area contributed by atoms with Crippen molar-refractivity contribution in [2.24, 2.45) is 0 Å². The van der Waals surface area contributed by atoms with E-state index in [0.29, 0.717) is 0 Å². The van der Waals surface area contributed by atoms with Gasteiger partial charge in [0, 0.05) is 12.8 Å². The molecule has 6 nitrogen and oxygen atoms in total. The highest BCUT2D eigenvalue weighted by Gasteiger charge is 2.35. The predicted molar refractivity (Wildman–Crippen MR) is 75.9 cm³/mol. The van der Waals surface area contributed by atoms with Crippen molar-refractivity contribution in [1.82, 2.24) is 10.6 Å². The number of rotatable bonds is 5. The average Bonchev–Trinajstić information content (AvgIpc) is 2.92. The van der Waals surface area contributed by atoms with Crippen LogP contribution in [0, 0.1) is 0 Å². The Labute approximate surface area is 135 Å². The fraction of sp³-hybridized carbons (Fsp3) is 0.400. The van der Waals surface area contributed by atoms with E-state index >= 15 is 0 Å². The molecular weight excluding hydrogens is 329 g/mol. The Morgan fingerprint density at radius 2 is 2.00 bits per heavy atom. The highest BCUT2D eigenvalue weighted by Crippen LogP contribution is 2.32. The van der Waals surface area contributed by atoms with Crippen molar-refractivity contribution in [3.63, 3.8) is 0 Å². The molecule has 0 bridgehead atoms. The molecule has 2 rings (SSSR count). The summed E-state index contributed by atoms with van der Waals surface area (Å²) in [6.45, 7) is 0. The Balaban J connectivity index is 2.14. The molecule has 0 spiro atoms. The highest BCUT2D eigenvalue weighted by molar-refractivity contribution is 5.92. The van der Waals surface area contributed by atoms with E-state index < -0.39 is 42.1 Å². The molecule has 1 aromatic rings. The van der Waals surface area contributed by atoms with Crippen LogP contribution < -0.4 is 10.6 Å². The van der Waals surface area contributed by atoms with Gasteiger partial charge in [-0.25, -0.2) is 4.79 Å². The number of nitrogens with one attached hydrogen (secondary N) is 2. The van der Waals surface area contributed by atoms with Gasteiger partial charge in [-0.3, -0.25) is 9.59 Å². The lowest BCUT2D eigenvalue weighted by Gasteiger charge is -2.19. The van der Waals surface area contributed by atoms with Crippen LogP contribution in [0.2, 0.25) is 0 Å². The van der Waals surface area contributed by atoms with Crippen molar-refractivity contribution in [2.45, 2.75) is 37.5 Å². The Morgan fingerprint density at radius 1 is 1.33 bits per heavy atom. The molecule has 1 heterocycles. The molecule has 1 aromatic carbocycles. The van der Waals surface area contributed by atoms with Crippen LogP contribution in [-0.2, 0) is 27.0 Å². The Hall–Kier alpha value is -2.58. The van der Waals surface area contributed by atoms with Crippen molar-refractivity contribution in [2.75, 3.05) is 0 Å². The minimum Gasteiger partial charge on any atom is -0.480 e. The molecule has 0 aromatic heterocycles. The van der Waals surface area contributed by atoms with Crippen molar-refractivity contribution in [3.8, 4) is 0 Å². The smallest absolute Gasteiger partial charge is 0.416 e. The van der Waals surface area contributed by atoms with Gasteiger partial charge >= 0.3 is 12.1 Å². The summed E-state index contributed by atoms with van der Waals surface area (Å²) in [5.74, 6) is -2.51. The van der Waals surface area contributed by atoms with Gasteiger partial charge in [-0.05, 0) is 18.1 Å². The lowest BCUT2D eigenvalue weighted by molar-refractivity contribution is -0.143. The molecule has 1 aliphatic heterocycles. The van der Waals surface area contributed by atoms with Crippen LogP contribution in [0.25, 0.3) is 0 Å². The Bertz CT molecular complexity index is 660. The number of hydrogen-bond acceptors (Lipinski definition) is 3. The fourth-order valence-electron chi connectivity index (χ4n) is 2.48. The maximum Gasteiger partial charge on any atom is 0.416 e. The van der Waals surface area contributed by atoms with Crippen LogP contribution in [-0.4, -0.2) is 35.0 Å². The average molecular weight is 344 g/mol. The SMILES string of the molecule is O=C1CC[C@H](C(=O)N[C@H](Cc2ccccc2C(F)(F)F)C(=O)O)N1. The van der Waals surface area contributed by atoms with Gasteiger partial charge < -0.3 is 15.7 Å². The summed E-state index contributed by atoms with van der Waals surface area (Å²) in [4.78, 5) is 34.4. The summed E-state index contributed by atoms with van der Waals surface area (Å²) in [6.07, 6.45) is -4.77. The third kappa shape index (κ3) is 4.24. The molecule has 1 saturated heterocycles. The second-order valence-corrected chi connectivity index (χ2v) is 5.42. The first-order chi connectivity index (χ1) is 11.2. The minimum atomic E-state index is -4.62. The molecule has 2 amide bonds. The third-order valence-electron chi connectivity index (χ3n) is 3.67. The summed E-state index contributed by atoms with van der Waals surface area (Å²) in [7, 11) is 0. The van der Waals surface area contributed by atoms with Gasteiger partial charge in [0.2, 0.25) is 11.8 Å². The number of halogens is 3. The van der Waals surface area contributed by atoms with Crippen LogP contribution in [0.5, 0.6) is 0 Å². The third-order valence-corrected chi connectivity index (χ3v) is 3.67. The number of aliphatic carboxylic acids is 1. The van der Waals surface area contributed by atoms with Crippen LogP contribution >= 0.6 is 0 Å². The van der Waals surface area contributed by atoms with Crippen molar-refractivity contribution < 1.29 is 32.7 Å². The van der Waals surface area contributed by atoms with E-state index in [4.69, 9.17) is 0 Å². The largest absolute Gasteiger partial charge is 0.480 e. The first-order valence-electron chi connectivity index (χ1n) is 7.16. The van der Waals surface area contributed by atoms with Gasteiger partial charge in [0.15, 0.2) is 0 Å². The van der Waals surface area contributed by atoms with Gasteiger partial charge in [0.05, 0.1) is 5.56 Å². The van der Waals surface area contributed by atoms with Crippen LogP contribution in [0.1, 0.15) is 24.0 Å². The van der Waals surface area contributed by atoms with Crippen molar-refractivity contribution >= 4 is 17.8 Å². The summed E-state index contributed by atoms with van der Waals surface area (Å²) in [5.41, 5.74) is -1.17. The van der Waals surface area contributed by atoms with Gasteiger partial charge in [0.1, 0.15) is 12.1 Å². The summed E-state index contributed by atoms with van der Waals surface area (Å²) in [6, 6.07) is 2.20. The maximum atomic E-state index is 13.0. The lowest BCUT2D eigenvalue weighted by atomic mass is 9.99. The number of carboxylic acid groups (broad SMARTS) is 1. The topological polar surface area (TPSA) is 95.5 Å². The summed E-state index contributed by atoms with van der Waals surface area (Å²) >= 11 is 0. The number of carboxylic acids is 1. The fourth-order valence-corrected chi connectivity index (χ4v) is 2.48. The van der Waals surface area contributed by atoms with Crippen LogP contribution in [0.4, 0.5) is 13.2 Å². The predicted octanol–water partition coefficient (Wildman–Crippen LogP) is 1.10. The molecule has 3 N–H and O–H groups in total. The maximum absolute atomic E-state index is 13.0. The van der Waals surface area contributed by atoms with E-state index in [-0.39, 0.29) is 24.3 Å². The number of amides is 2. The molecule has 0 saturated carbocycles. The Kier molecular flexibility index (Phi) is 5.10. The second-order valence-electron chi connectivity index (χ2n) is 5.42. The van der Waals surface area contributed by atoms with E-state index in [1.807, 2.05) is 0 Å². The van der Waals surface area contributed by atoms with E-state index in [1.54, 1.807) is 0 Å². The number of carbonyl (C=O) groups is 3. The summed E-state index contributed by atoms with van der Waals surface area (Å²) in [5, 5.41) is 13.7. The molecule has 130 valence electrons. The zero-order chi connectivity index (χ0) is 17.9. The number of hydrogen-bond donors (Lipinski definition) is 3. The standard InChI is InChI=1S/C15H15F3N2O4/c16-15(17,18)9-4-2-1-3-8(9)7-11(14(23)24)20-13(22)10-5-6-12(21)19-10/h1-4,10-11H,5-7H2,(H,19,21)(H,20,22)(H,23,24)/t10-,11-/m1/s1. The Morgan fingerprint density at radius 3 is 2.54 bits per heavy atom. The molecule has 0 radical (unpaired) electrons. The van der Waals surface area contributed by atoms with E-state index in [2.05, 4.69) is 10.6 Å². The molecule has 1 aliphatic rings.